The Kier molecular flexibility index (Phi) is 1.96. The molecule has 0 fully saturated rings. The summed E-state index contributed by atoms with van der Waals surface area (Å²) in [5.74, 6) is 0. The molecule has 3 aromatic rings. The third-order valence-electron chi connectivity index (χ3n) is 2.30. The van der Waals surface area contributed by atoms with Crippen molar-refractivity contribution in [1.29, 1.82) is 0 Å². The molecular formula is C12H8N2S. The first kappa shape index (κ1) is 8.56. The molecule has 0 N–H and O–H groups in total. The molecule has 0 aliphatic heterocycles. The highest BCUT2D eigenvalue weighted by molar-refractivity contribution is 7.13. The molecule has 0 bridgehead atoms. The van der Waals surface area contributed by atoms with Crippen molar-refractivity contribution >= 4 is 22.2 Å². The lowest BCUT2D eigenvalue weighted by molar-refractivity contribution is 1.23. The average Bonchev–Trinajstić information content (AvgIpc) is 2.82. The molecule has 0 radical (unpaired) electrons. The van der Waals surface area contributed by atoms with Crippen LogP contribution in [0.15, 0.2) is 48.1 Å². The number of rotatable bonds is 1. The molecule has 0 atom stereocenters. The van der Waals surface area contributed by atoms with Gasteiger partial charge in [0.25, 0.3) is 0 Å². The Morgan fingerprint density at radius 1 is 0.933 bits per heavy atom. The summed E-state index contributed by atoms with van der Waals surface area (Å²) in [7, 11) is 0. The van der Waals surface area contributed by atoms with Gasteiger partial charge in [0.2, 0.25) is 0 Å². The van der Waals surface area contributed by atoms with Gasteiger partial charge in [-0.15, -0.1) is 11.3 Å². The molecule has 0 saturated heterocycles. The zero-order valence-corrected chi connectivity index (χ0v) is 8.74. The summed E-state index contributed by atoms with van der Waals surface area (Å²) in [4.78, 5) is 9.78. The van der Waals surface area contributed by atoms with E-state index in [1.807, 2.05) is 24.3 Å². The smallest absolute Gasteiger partial charge is 0.116 e. The van der Waals surface area contributed by atoms with Crippen molar-refractivity contribution < 1.29 is 0 Å². The van der Waals surface area contributed by atoms with Gasteiger partial charge in [-0.25, -0.2) is 9.97 Å². The lowest BCUT2D eigenvalue weighted by atomic mass is 10.1. The highest BCUT2D eigenvalue weighted by atomic mass is 32.1. The second-order valence-corrected chi connectivity index (χ2v) is 4.16. The SMILES string of the molecule is c1csc(-c2ncnc3ccccc23)c1. The van der Waals surface area contributed by atoms with Crippen LogP contribution in [0.2, 0.25) is 0 Å². The minimum Gasteiger partial charge on any atom is -0.236 e. The molecule has 72 valence electrons. The summed E-state index contributed by atoms with van der Waals surface area (Å²) in [6.07, 6.45) is 1.62. The predicted molar refractivity (Wildman–Crippen MR) is 62.9 cm³/mol. The predicted octanol–water partition coefficient (Wildman–Crippen LogP) is 3.36. The lowest BCUT2D eigenvalue weighted by Crippen LogP contribution is -1.85. The average molecular weight is 212 g/mol. The molecule has 2 aromatic heterocycles. The van der Waals surface area contributed by atoms with E-state index in [0.29, 0.717) is 0 Å². The minimum atomic E-state index is 0.996. The van der Waals surface area contributed by atoms with Crippen molar-refractivity contribution in [2.45, 2.75) is 0 Å². The number of benzene rings is 1. The van der Waals surface area contributed by atoms with Crippen molar-refractivity contribution in [3.05, 3.63) is 48.1 Å². The van der Waals surface area contributed by atoms with Gasteiger partial charge in [-0.1, -0.05) is 24.3 Å². The van der Waals surface area contributed by atoms with E-state index < -0.39 is 0 Å². The van der Waals surface area contributed by atoms with E-state index >= 15 is 0 Å². The molecule has 3 heteroatoms. The summed E-state index contributed by atoms with van der Waals surface area (Å²) in [5.41, 5.74) is 2.02. The van der Waals surface area contributed by atoms with E-state index in [9.17, 15) is 0 Å². The van der Waals surface area contributed by atoms with Gasteiger partial charge in [0.1, 0.15) is 6.33 Å². The van der Waals surface area contributed by atoms with E-state index in [4.69, 9.17) is 0 Å². The molecule has 2 nitrogen and oxygen atoms in total. The highest BCUT2D eigenvalue weighted by Gasteiger charge is 2.05. The van der Waals surface area contributed by atoms with Gasteiger partial charge >= 0.3 is 0 Å². The number of hydrogen-bond donors (Lipinski definition) is 0. The Labute approximate surface area is 91.2 Å². The van der Waals surface area contributed by atoms with Crippen LogP contribution in [0.25, 0.3) is 21.5 Å². The van der Waals surface area contributed by atoms with Crippen LogP contribution in [0.5, 0.6) is 0 Å². The topological polar surface area (TPSA) is 25.8 Å². The molecule has 0 aliphatic rings. The molecule has 0 spiro atoms. The summed E-state index contributed by atoms with van der Waals surface area (Å²) in [5, 5.41) is 3.18. The molecule has 0 saturated carbocycles. The monoisotopic (exact) mass is 212 g/mol. The zero-order valence-electron chi connectivity index (χ0n) is 7.92. The Morgan fingerprint density at radius 2 is 1.87 bits per heavy atom. The fourth-order valence-corrected chi connectivity index (χ4v) is 2.35. The largest absolute Gasteiger partial charge is 0.236 e. The molecule has 0 amide bonds. The number of thiophene rings is 1. The van der Waals surface area contributed by atoms with Crippen molar-refractivity contribution in [1.82, 2.24) is 9.97 Å². The van der Waals surface area contributed by atoms with E-state index in [1.54, 1.807) is 17.7 Å². The van der Waals surface area contributed by atoms with Gasteiger partial charge in [0.15, 0.2) is 0 Å². The maximum absolute atomic E-state index is 4.35. The van der Waals surface area contributed by atoms with Gasteiger partial charge in [-0.05, 0) is 17.5 Å². The molecule has 2 heterocycles. The molecule has 0 aliphatic carbocycles. The second kappa shape index (κ2) is 3.44. The van der Waals surface area contributed by atoms with Crippen molar-refractivity contribution in [2.24, 2.45) is 0 Å². The standard InChI is InChI=1S/C12H8N2S/c1-2-5-10-9(4-1)12(14-8-13-10)11-6-3-7-15-11/h1-8H. The molecule has 3 rings (SSSR count). The quantitative estimate of drug-likeness (QED) is 0.618. The summed E-state index contributed by atoms with van der Waals surface area (Å²) in [6.45, 7) is 0. The third kappa shape index (κ3) is 1.41. The minimum absolute atomic E-state index is 0.996. The number of nitrogens with zero attached hydrogens (tertiary/aromatic N) is 2. The van der Waals surface area contributed by atoms with Gasteiger partial charge in [-0.2, -0.15) is 0 Å². The first-order valence-corrected chi connectivity index (χ1v) is 5.57. The number of hydrogen-bond acceptors (Lipinski definition) is 3. The Bertz CT molecular complexity index is 582. The second-order valence-electron chi connectivity index (χ2n) is 3.22. The molecule has 15 heavy (non-hydrogen) atoms. The number of fused-ring (bicyclic) bond motifs is 1. The Balaban J connectivity index is 2.36. The summed E-state index contributed by atoms with van der Waals surface area (Å²) in [6, 6.07) is 12.2. The number of aromatic nitrogens is 2. The molecule has 1 aromatic carbocycles. The fraction of sp³-hybridized carbons (Fsp3) is 0. The summed E-state index contributed by atoms with van der Waals surface area (Å²) < 4.78 is 0. The van der Waals surface area contributed by atoms with Crippen molar-refractivity contribution in [3.63, 3.8) is 0 Å². The Hall–Kier alpha value is -1.74. The van der Waals surface area contributed by atoms with E-state index in [2.05, 4.69) is 27.5 Å². The van der Waals surface area contributed by atoms with Crippen LogP contribution in [-0.4, -0.2) is 9.97 Å². The zero-order chi connectivity index (χ0) is 10.1. The fourth-order valence-electron chi connectivity index (χ4n) is 1.61. The normalized spacial score (nSPS) is 10.7. The van der Waals surface area contributed by atoms with Crippen LogP contribution in [0.4, 0.5) is 0 Å². The van der Waals surface area contributed by atoms with Crippen LogP contribution in [-0.2, 0) is 0 Å². The maximum Gasteiger partial charge on any atom is 0.116 e. The first-order valence-electron chi connectivity index (χ1n) is 4.69. The van der Waals surface area contributed by atoms with E-state index in [1.165, 1.54) is 4.88 Å². The van der Waals surface area contributed by atoms with Crippen LogP contribution < -0.4 is 0 Å². The summed E-state index contributed by atoms with van der Waals surface area (Å²) >= 11 is 1.70. The van der Waals surface area contributed by atoms with Crippen molar-refractivity contribution in [3.8, 4) is 10.6 Å². The van der Waals surface area contributed by atoms with Crippen LogP contribution >= 0.6 is 11.3 Å². The van der Waals surface area contributed by atoms with E-state index in [0.717, 1.165) is 16.6 Å². The maximum atomic E-state index is 4.35. The molecular weight excluding hydrogens is 204 g/mol. The van der Waals surface area contributed by atoms with E-state index in [-0.39, 0.29) is 0 Å². The first-order chi connectivity index (χ1) is 7.45. The van der Waals surface area contributed by atoms with Crippen molar-refractivity contribution in [2.75, 3.05) is 0 Å². The lowest BCUT2D eigenvalue weighted by Gasteiger charge is -2.01. The third-order valence-corrected chi connectivity index (χ3v) is 3.17. The van der Waals surface area contributed by atoms with Gasteiger partial charge in [0, 0.05) is 5.39 Å². The van der Waals surface area contributed by atoms with Gasteiger partial charge in [-0.3, -0.25) is 0 Å². The number of para-hydroxylation sites is 1. The van der Waals surface area contributed by atoms with Crippen LogP contribution in [0.1, 0.15) is 0 Å². The van der Waals surface area contributed by atoms with Gasteiger partial charge < -0.3 is 0 Å². The van der Waals surface area contributed by atoms with Gasteiger partial charge in [0.05, 0.1) is 16.1 Å². The van der Waals surface area contributed by atoms with Crippen LogP contribution in [0, 0.1) is 0 Å². The molecule has 0 unspecified atom stereocenters. The highest BCUT2D eigenvalue weighted by Crippen LogP contribution is 2.28. The Morgan fingerprint density at radius 3 is 2.73 bits per heavy atom. The van der Waals surface area contributed by atoms with Crippen LogP contribution in [0.3, 0.4) is 0 Å².